The van der Waals surface area contributed by atoms with Gasteiger partial charge in [-0.05, 0) is 41.6 Å². The van der Waals surface area contributed by atoms with Crippen LogP contribution in [0.2, 0.25) is 0 Å². The van der Waals surface area contributed by atoms with Crippen molar-refractivity contribution in [2.24, 2.45) is 9.03 Å². The topological polar surface area (TPSA) is 97.7 Å². The molecule has 3 aliphatic rings. The molecule has 1 unspecified atom stereocenters. The number of benzene rings is 2. The Morgan fingerprint density at radius 2 is 1.50 bits per heavy atom. The zero-order chi connectivity index (χ0) is 20.3. The number of rotatable bonds is 4. The lowest BCUT2D eigenvalue weighted by molar-refractivity contribution is 0.293. The molecule has 0 bridgehead atoms. The Labute approximate surface area is 177 Å². The first-order chi connectivity index (χ1) is 14.7. The van der Waals surface area contributed by atoms with Crippen molar-refractivity contribution < 1.29 is 18.1 Å². The van der Waals surface area contributed by atoms with Crippen molar-refractivity contribution in [2.75, 3.05) is 26.3 Å². The minimum absolute atomic E-state index is 0.588. The molecule has 30 heavy (non-hydrogen) atoms. The third-order valence-electron chi connectivity index (χ3n) is 4.53. The standard InChI is InChI=1S/C18H25N5O4P3/c1-3-9-17(10-4-1)26-30(27-18-11-5-2-6-12-18)22-28(19-13-7-15-24-28)21-29(23-30)20-14-8-16-25-29/h1-6,9-12,19-20,22H,7-8,13-16H2/q+1/t28-,29?/m0/s1. The summed E-state index contributed by atoms with van der Waals surface area (Å²) in [5.74, 6) is 1.32. The second-order valence-electron chi connectivity index (χ2n) is 6.92. The van der Waals surface area contributed by atoms with Crippen LogP contribution < -0.4 is 24.1 Å². The van der Waals surface area contributed by atoms with Gasteiger partial charge >= 0.3 is 15.6 Å². The van der Waals surface area contributed by atoms with Crippen LogP contribution in [0.5, 0.6) is 11.5 Å². The predicted octanol–water partition coefficient (Wildman–Crippen LogP) is 5.34. The highest BCUT2D eigenvalue weighted by molar-refractivity contribution is 7.85. The Hall–Kier alpha value is -1.27. The predicted molar refractivity (Wildman–Crippen MR) is 120 cm³/mol. The number of hydrogen-bond donors (Lipinski definition) is 3. The van der Waals surface area contributed by atoms with Crippen LogP contribution in [0.4, 0.5) is 0 Å². The van der Waals surface area contributed by atoms with Gasteiger partial charge < -0.3 is 13.6 Å². The molecule has 2 aromatic carbocycles. The number of hydrogen-bond acceptors (Lipinski definition) is 9. The average molecular weight is 468 g/mol. The Bertz CT molecular complexity index is 930. The van der Waals surface area contributed by atoms with Gasteiger partial charge in [-0.15, -0.1) is 9.95 Å². The van der Waals surface area contributed by atoms with E-state index in [1.807, 2.05) is 60.7 Å². The molecule has 2 atom stereocenters. The van der Waals surface area contributed by atoms with E-state index in [9.17, 15) is 0 Å². The molecule has 12 heteroatoms. The van der Waals surface area contributed by atoms with Crippen molar-refractivity contribution in [1.82, 2.24) is 15.0 Å². The van der Waals surface area contributed by atoms with Crippen LogP contribution in [-0.2, 0) is 9.05 Å². The fourth-order valence-electron chi connectivity index (χ4n) is 3.22. The summed E-state index contributed by atoms with van der Waals surface area (Å²) in [6.45, 7) is 2.76. The summed E-state index contributed by atoms with van der Waals surface area (Å²) >= 11 is 0. The minimum Gasteiger partial charge on any atom is -0.417 e. The molecule has 0 amide bonds. The lowest BCUT2D eigenvalue weighted by Crippen LogP contribution is -2.35. The van der Waals surface area contributed by atoms with Crippen molar-refractivity contribution in [1.29, 1.82) is 0 Å². The molecule has 3 N–H and O–H groups in total. The summed E-state index contributed by atoms with van der Waals surface area (Å²) in [5.41, 5.74) is 0. The highest BCUT2D eigenvalue weighted by Gasteiger charge is 2.58. The van der Waals surface area contributed by atoms with E-state index in [1.165, 1.54) is 0 Å². The average Bonchev–Trinajstić information content (AvgIpc) is 2.75. The van der Waals surface area contributed by atoms with Crippen LogP contribution in [0.1, 0.15) is 12.8 Å². The van der Waals surface area contributed by atoms with Gasteiger partial charge in [-0.25, -0.2) is 5.09 Å². The minimum atomic E-state index is -3.10. The molecule has 2 aromatic rings. The largest absolute Gasteiger partial charge is 0.472 e. The smallest absolute Gasteiger partial charge is 0.417 e. The van der Waals surface area contributed by atoms with Crippen LogP contribution >= 0.6 is 23.2 Å². The zero-order valence-corrected chi connectivity index (χ0v) is 19.1. The van der Waals surface area contributed by atoms with E-state index in [0.29, 0.717) is 24.7 Å². The first-order valence-electron chi connectivity index (χ1n) is 9.94. The SMILES string of the molecule is c1ccc(OP2(Oc3ccccc3)=N[P+]3(N=[P@@]4(NCCCO4)N2)NCCCO3)cc1. The Kier molecular flexibility index (Phi) is 5.98. The Morgan fingerprint density at radius 1 is 0.833 bits per heavy atom. The third-order valence-corrected chi connectivity index (χ3v) is 13.8. The molecular weight excluding hydrogens is 443 g/mol. The van der Waals surface area contributed by atoms with Crippen LogP contribution in [0.15, 0.2) is 69.7 Å². The van der Waals surface area contributed by atoms with Gasteiger partial charge in [-0.3, -0.25) is 0 Å². The van der Waals surface area contributed by atoms with Gasteiger partial charge in [-0.1, -0.05) is 36.4 Å². The fourth-order valence-corrected chi connectivity index (χ4v) is 14.0. The van der Waals surface area contributed by atoms with E-state index >= 15 is 0 Å². The van der Waals surface area contributed by atoms with Gasteiger partial charge in [0.05, 0.1) is 13.2 Å². The molecule has 0 aromatic heterocycles. The van der Waals surface area contributed by atoms with Crippen molar-refractivity contribution in [3.8, 4) is 11.5 Å². The van der Waals surface area contributed by atoms with E-state index in [4.69, 9.17) is 27.1 Å². The molecule has 2 spiro atoms. The normalized spacial score (nSPS) is 30.3. The Morgan fingerprint density at radius 3 is 2.07 bits per heavy atom. The van der Waals surface area contributed by atoms with E-state index in [1.54, 1.807) is 0 Å². The summed E-state index contributed by atoms with van der Waals surface area (Å²) in [4.78, 5) is 3.47. The molecule has 2 saturated heterocycles. The molecule has 5 rings (SSSR count). The van der Waals surface area contributed by atoms with E-state index < -0.39 is 23.2 Å². The second-order valence-corrected chi connectivity index (χ2v) is 13.9. The van der Waals surface area contributed by atoms with Gasteiger partial charge in [-0.2, -0.15) is 4.52 Å². The van der Waals surface area contributed by atoms with Gasteiger partial charge in [0.2, 0.25) is 0 Å². The first-order valence-corrected chi connectivity index (χ1v) is 14.8. The maximum atomic E-state index is 6.47. The first kappa shape index (κ1) is 20.6. The maximum Gasteiger partial charge on any atom is 0.472 e. The molecule has 0 saturated carbocycles. The third kappa shape index (κ3) is 4.50. The van der Waals surface area contributed by atoms with E-state index in [-0.39, 0.29) is 0 Å². The zero-order valence-electron chi connectivity index (χ0n) is 16.4. The van der Waals surface area contributed by atoms with E-state index in [2.05, 4.69) is 15.0 Å². The number of para-hydroxylation sites is 2. The van der Waals surface area contributed by atoms with Crippen molar-refractivity contribution in [3.63, 3.8) is 0 Å². The Balaban J connectivity index is 1.63. The van der Waals surface area contributed by atoms with Crippen LogP contribution in [0, 0.1) is 0 Å². The van der Waals surface area contributed by atoms with E-state index in [0.717, 1.165) is 25.9 Å². The second kappa shape index (κ2) is 8.70. The van der Waals surface area contributed by atoms with Crippen molar-refractivity contribution in [3.05, 3.63) is 60.7 Å². The van der Waals surface area contributed by atoms with Crippen LogP contribution in [0.25, 0.3) is 0 Å². The highest BCUT2D eigenvalue weighted by atomic mass is 31.3. The number of nitrogens with zero attached hydrogens (tertiary/aromatic N) is 2. The van der Waals surface area contributed by atoms with Gasteiger partial charge in [0, 0.05) is 17.6 Å². The molecule has 3 aliphatic heterocycles. The van der Waals surface area contributed by atoms with Crippen LogP contribution in [-0.4, -0.2) is 26.3 Å². The molecule has 0 radical (unpaired) electrons. The number of nitrogens with one attached hydrogen (secondary N) is 3. The monoisotopic (exact) mass is 468 g/mol. The summed E-state index contributed by atoms with van der Waals surface area (Å²) < 4.78 is 35.3. The quantitative estimate of drug-likeness (QED) is 0.522. The van der Waals surface area contributed by atoms with Gasteiger partial charge in [0.1, 0.15) is 11.5 Å². The lowest BCUT2D eigenvalue weighted by Gasteiger charge is -2.37. The van der Waals surface area contributed by atoms with Gasteiger partial charge in [0.25, 0.3) is 7.58 Å². The summed E-state index contributed by atoms with van der Waals surface area (Å²) in [6, 6.07) is 19.1. The maximum absolute atomic E-state index is 6.47. The highest BCUT2D eigenvalue weighted by Crippen LogP contribution is 2.78. The molecule has 160 valence electrons. The van der Waals surface area contributed by atoms with Crippen molar-refractivity contribution in [2.45, 2.75) is 12.8 Å². The summed E-state index contributed by atoms with van der Waals surface area (Å²) in [7, 11) is -8.43. The molecule has 0 aliphatic carbocycles. The lowest BCUT2D eigenvalue weighted by atomic mass is 10.3. The summed E-state index contributed by atoms with van der Waals surface area (Å²) in [6.07, 6.45) is 1.82. The van der Waals surface area contributed by atoms with Crippen molar-refractivity contribution >= 4 is 23.2 Å². The molecule has 3 heterocycles. The summed E-state index contributed by atoms with van der Waals surface area (Å²) in [5, 5.41) is 6.88. The molecule has 9 nitrogen and oxygen atoms in total. The fraction of sp³-hybridized carbons (Fsp3) is 0.333. The molecular formula is C18H25N5O4P3+. The van der Waals surface area contributed by atoms with Gasteiger partial charge in [0.15, 0.2) is 0 Å². The molecule has 2 fully saturated rings. The van der Waals surface area contributed by atoms with Crippen LogP contribution in [0.3, 0.4) is 0 Å².